The Morgan fingerprint density at radius 1 is 1.47 bits per heavy atom. The van der Waals surface area contributed by atoms with Crippen molar-refractivity contribution in [2.45, 2.75) is 26.3 Å². The van der Waals surface area contributed by atoms with Gasteiger partial charge in [0.25, 0.3) is 0 Å². The number of halogens is 1. The zero-order chi connectivity index (χ0) is 11.1. The SMILES string of the molecule is CC1(C)CC1C(NN)c1ccccc1F. The van der Waals surface area contributed by atoms with Crippen LogP contribution in [0.4, 0.5) is 4.39 Å². The molecule has 0 aromatic heterocycles. The highest BCUT2D eigenvalue weighted by atomic mass is 19.1. The van der Waals surface area contributed by atoms with Gasteiger partial charge in [-0.05, 0) is 23.8 Å². The lowest BCUT2D eigenvalue weighted by Crippen LogP contribution is -2.31. The lowest BCUT2D eigenvalue weighted by Gasteiger charge is -2.18. The van der Waals surface area contributed by atoms with Gasteiger partial charge in [0.1, 0.15) is 5.82 Å². The fraction of sp³-hybridized carbons (Fsp3) is 0.500. The maximum atomic E-state index is 13.6. The second-order valence-corrected chi connectivity index (χ2v) is 4.97. The Kier molecular flexibility index (Phi) is 2.52. The molecule has 1 saturated carbocycles. The Morgan fingerprint density at radius 3 is 2.53 bits per heavy atom. The van der Waals surface area contributed by atoms with E-state index in [0.29, 0.717) is 11.5 Å². The van der Waals surface area contributed by atoms with Gasteiger partial charge in [0, 0.05) is 5.56 Å². The van der Waals surface area contributed by atoms with Gasteiger partial charge >= 0.3 is 0 Å². The van der Waals surface area contributed by atoms with E-state index < -0.39 is 0 Å². The topological polar surface area (TPSA) is 38.0 Å². The molecule has 1 aromatic carbocycles. The van der Waals surface area contributed by atoms with Gasteiger partial charge in [-0.25, -0.2) is 4.39 Å². The standard InChI is InChI=1S/C12H17FN2/c1-12(2)7-9(12)11(15-14)8-5-3-4-6-10(8)13/h3-6,9,11,15H,7,14H2,1-2H3. The Bertz CT molecular complexity index is 362. The third kappa shape index (κ3) is 1.90. The lowest BCUT2D eigenvalue weighted by molar-refractivity contribution is 0.409. The Morgan fingerprint density at radius 2 is 2.07 bits per heavy atom. The molecule has 0 spiro atoms. The molecule has 0 heterocycles. The molecular formula is C12H17FN2. The van der Waals surface area contributed by atoms with Gasteiger partial charge in [-0.2, -0.15) is 0 Å². The molecule has 0 radical (unpaired) electrons. The highest BCUT2D eigenvalue weighted by Crippen LogP contribution is 2.57. The quantitative estimate of drug-likeness (QED) is 0.591. The monoisotopic (exact) mass is 208 g/mol. The summed E-state index contributed by atoms with van der Waals surface area (Å²) in [5.74, 6) is 5.77. The molecule has 1 fully saturated rings. The predicted octanol–water partition coefficient (Wildman–Crippen LogP) is 2.38. The highest BCUT2D eigenvalue weighted by molar-refractivity contribution is 5.24. The van der Waals surface area contributed by atoms with E-state index in [0.717, 1.165) is 6.42 Å². The van der Waals surface area contributed by atoms with Crippen LogP contribution in [-0.2, 0) is 0 Å². The first kappa shape index (κ1) is 10.6. The molecule has 82 valence electrons. The number of nitrogens with one attached hydrogen (secondary N) is 1. The summed E-state index contributed by atoms with van der Waals surface area (Å²) in [6.07, 6.45) is 1.09. The smallest absolute Gasteiger partial charge is 0.128 e. The molecule has 2 rings (SSSR count). The van der Waals surface area contributed by atoms with Crippen LogP contribution in [0.1, 0.15) is 31.9 Å². The molecule has 0 bridgehead atoms. The van der Waals surface area contributed by atoms with Crippen LogP contribution in [0, 0.1) is 17.2 Å². The van der Waals surface area contributed by atoms with E-state index in [4.69, 9.17) is 5.84 Å². The van der Waals surface area contributed by atoms with Crippen molar-refractivity contribution in [2.24, 2.45) is 17.2 Å². The van der Waals surface area contributed by atoms with Gasteiger partial charge in [0.05, 0.1) is 6.04 Å². The van der Waals surface area contributed by atoms with E-state index in [1.165, 1.54) is 6.07 Å². The van der Waals surface area contributed by atoms with Crippen molar-refractivity contribution in [2.75, 3.05) is 0 Å². The minimum absolute atomic E-state index is 0.0683. The molecule has 2 unspecified atom stereocenters. The number of benzene rings is 1. The first-order chi connectivity index (χ1) is 7.06. The van der Waals surface area contributed by atoms with Gasteiger partial charge in [0.2, 0.25) is 0 Å². The van der Waals surface area contributed by atoms with Crippen molar-refractivity contribution in [3.05, 3.63) is 35.6 Å². The third-order valence-electron chi connectivity index (χ3n) is 3.41. The average Bonchev–Trinajstić information content (AvgIpc) is 2.80. The molecule has 1 aliphatic carbocycles. The molecule has 1 aromatic rings. The summed E-state index contributed by atoms with van der Waals surface area (Å²) in [5, 5.41) is 0. The van der Waals surface area contributed by atoms with Crippen LogP contribution in [0.5, 0.6) is 0 Å². The van der Waals surface area contributed by atoms with Crippen LogP contribution in [0.2, 0.25) is 0 Å². The zero-order valence-corrected chi connectivity index (χ0v) is 9.13. The molecule has 2 atom stereocenters. The first-order valence-electron chi connectivity index (χ1n) is 5.27. The van der Waals surface area contributed by atoms with Crippen LogP contribution in [0.3, 0.4) is 0 Å². The number of hydrogen-bond acceptors (Lipinski definition) is 2. The Balaban J connectivity index is 2.25. The van der Waals surface area contributed by atoms with Crippen LogP contribution in [-0.4, -0.2) is 0 Å². The summed E-state index contributed by atoms with van der Waals surface area (Å²) in [5.41, 5.74) is 3.69. The summed E-state index contributed by atoms with van der Waals surface area (Å²) in [7, 11) is 0. The Labute approximate surface area is 89.6 Å². The van der Waals surface area contributed by atoms with Gasteiger partial charge in [-0.15, -0.1) is 0 Å². The third-order valence-corrected chi connectivity index (χ3v) is 3.41. The fourth-order valence-corrected chi connectivity index (χ4v) is 2.23. The normalized spacial score (nSPS) is 24.9. The molecular weight excluding hydrogens is 191 g/mol. The minimum Gasteiger partial charge on any atom is -0.271 e. The summed E-state index contributed by atoms with van der Waals surface area (Å²) in [6.45, 7) is 4.37. The molecule has 0 saturated heterocycles. The molecule has 3 N–H and O–H groups in total. The lowest BCUT2D eigenvalue weighted by atomic mass is 9.97. The zero-order valence-electron chi connectivity index (χ0n) is 9.13. The number of rotatable bonds is 3. The summed E-state index contributed by atoms with van der Waals surface area (Å²) >= 11 is 0. The van der Waals surface area contributed by atoms with E-state index >= 15 is 0 Å². The van der Waals surface area contributed by atoms with Crippen LogP contribution in [0.15, 0.2) is 24.3 Å². The molecule has 1 aliphatic rings. The van der Waals surface area contributed by atoms with Crippen LogP contribution >= 0.6 is 0 Å². The summed E-state index contributed by atoms with van der Waals surface area (Å²) in [6, 6.07) is 6.76. The fourth-order valence-electron chi connectivity index (χ4n) is 2.23. The largest absolute Gasteiger partial charge is 0.271 e. The maximum absolute atomic E-state index is 13.6. The van der Waals surface area contributed by atoms with Crippen molar-refractivity contribution in [3.63, 3.8) is 0 Å². The minimum atomic E-state index is -0.178. The predicted molar refractivity (Wildman–Crippen MR) is 58.4 cm³/mol. The van der Waals surface area contributed by atoms with Gasteiger partial charge < -0.3 is 0 Å². The van der Waals surface area contributed by atoms with Crippen molar-refractivity contribution in [3.8, 4) is 0 Å². The second-order valence-electron chi connectivity index (χ2n) is 4.97. The van der Waals surface area contributed by atoms with Gasteiger partial charge in [-0.1, -0.05) is 32.0 Å². The number of hydrogen-bond donors (Lipinski definition) is 2. The van der Waals surface area contributed by atoms with E-state index in [9.17, 15) is 4.39 Å². The van der Waals surface area contributed by atoms with Crippen LogP contribution in [0.25, 0.3) is 0 Å². The van der Waals surface area contributed by atoms with E-state index in [1.54, 1.807) is 12.1 Å². The first-order valence-corrected chi connectivity index (χ1v) is 5.27. The van der Waals surface area contributed by atoms with E-state index in [2.05, 4.69) is 19.3 Å². The number of hydrazine groups is 1. The number of nitrogens with two attached hydrogens (primary N) is 1. The van der Waals surface area contributed by atoms with Crippen molar-refractivity contribution >= 4 is 0 Å². The van der Waals surface area contributed by atoms with Crippen molar-refractivity contribution < 1.29 is 4.39 Å². The average molecular weight is 208 g/mol. The summed E-state index contributed by atoms with van der Waals surface area (Å²) < 4.78 is 13.6. The second kappa shape index (κ2) is 3.58. The molecule has 2 nitrogen and oxygen atoms in total. The van der Waals surface area contributed by atoms with Gasteiger partial charge in [-0.3, -0.25) is 11.3 Å². The Hall–Kier alpha value is -0.930. The molecule has 15 heavy (non-hydrogen) atoms. The van der Waals surface area contributed by atoms with E-state index in [-0.39, 0.29) is 17.3 Å². The summed E-state index contributed by atoms with van der Waals surface area (Å²) in [4.78, 5) is 0. The van der Waals surface area contributed by atoms with Crippen molar-refractivity contribution in [1.82, 2.24) is 5.43 Å². The van der Waals surface area contributed by atoms with Crippen molar-refractivity contribution in [1.29, 1.82) is 0 Å². The molecule has 0 amide bonds. The maximum Gasteiger partial charge on any atom is 0.128 e. The molecule has 0 aliphatic heterocycles. The highest BCUT2D eigenvalue weighted by Gasteiger charge is 2.50. The van der Waals surface area contributed by atoms with Gasteiger partial charge in [0.15, 0.2) is 0 Å². The van der Waals surface area contributed by atoms with E-state index in [1.807, 2.05) is 6.07 Å². The molecule has 3 heteroatoms. The van der Waals surface area contributed by atoms with Crippen LogP contribution < -0.4 is 11.3 Å².